The summed E-state index contributed by atoms with van der Waals surface area (Å²) < 4.78 is 2.02. The van der Waals surface area contributed by atoms with Crippen molar-refractivity contribution in [2.45, 2.75) is 25.8 Å². The van der Waals surface area contributed by atoms with Gasteiger partial charge in [0.15, 0.2) is 0 Å². The van der Waals surface area contributed by atoms with Crippen molar-refractivity contribution >= 4 is 5.91 Å². The smallest absolute Gasteiger partial charge is 0.230 e. The largest absolute Gasteiger partial charge is 0.342 e. The van der Waals surface area contributed by atoms with Gasteiger partial charge in [0, 0.05) is 32.0 Å². The predicted octanol–water partition coefficient (Wildman–Crippen LogP) is 0.470. The Balaban J connectivity index is 1.65. The zero-order chi connectivity index (χ0) is 12.6. The highest BCUT2D eigenvalue weighted by Gasteiger charge is 2.52. The predicted molar refractivity (Wildman–Crippen MR) is 67.6 cm³/mol. The Morgan fingerprint density at radius 3 is 2.89 bits per heavy atom. The lowest BCUT2D eigenvalue weighted by atomic mass is 10.1. The number of imidazole rings is 1. The van der Waals surface area contributed by atoms with Gasteiger partial charge in [0.2, 0.25) is 5.91 Å². The highest BCUT2D eigenvalue weighted by Crippen LogP contribution is 2.49. The maximum absolute atomic E-state index is 12.6. The lowest BCUT2D eigenvalue weighted by molar-refractivity contribution is -0.136. The van der Waals surface area contributed by atoms with Gasteiger partial charge in [-0.15, -0.1) is 0 Å². The van der Waals surface area contributed by atoms with Crippen molar-refractivity contribution in [3.8, 4) is 0 Å². The van der Waals surface area contributed by atoms with Crippen LogP contribution in [0.15, 0.2) is 18.7 Å². The molecule has 1 saturated carbocycles. The Hall–Kier alpha value is -1.36. The van der Waals surface area contributed by atoms with Crippen LogP contribution < -0.4 is 5.73 Å². The maximum atomic E-state index is 12.6. The summed E-state index contributed by atoms with van der Waals surface area (Å²) in [5.74, 6) is 0.824. The summed E-state index contributed by atoms with van der Waals surface area (Å²) >= 11 is 0. The summed E-state index contributed by atoms with van der Waals surface area (Å²) in [5, 5.41) is 0. The number of likely N-dealkylation sites (tertiary alicyclic amines) is 1. The molecule has 98 valence electrons. The second kappa shape index (κ2) is 4.39. The van der Waals surface area contributed by atoms with E-state index < -0.39 is 0 Å². The van der Waals surface area contributed by atoms with Crippen LogP contribution in [0.4, 0.5) is 0 Å². The maximum Gasteiger partial charge on any atom is 0.230 e. The van der Waals surface area contributed by atoms with Gasteiger partial charge in [-0.25, -0.2) is 4.98 Å². The molecule has 2 N–H and O–H groups in total. The van der Waals surface area contributed by atoms with Gasteiger partial charge >= 0.3 is 0 Å². The molecule has 2 aliphatic rings. The molecule has 1 unspecified atom stereocenters. The Morgan fingerprint density at radius 1 is 1.50 bits per heavy atom. The van der Waals surface area contributed by atoms with Crippen LogP contribution in [0.25, 0.3) is 0 Å². The molecular weight excluding hydrogens is 228 g/mol. The van der Waals surface area contributed by atoms with E-state index in [1.54, 1.807) is 12.5 Å². The number of amides is 1. The number of nitrogens with two attached hydrogens (primary N) is 1. The van der Waals surface area contributed by atoms with E-state index >= 15 is 0 Å². The van der Waals surface area contributed by atoms with Gasteiger partial charge in [0.1, 0.15) is 0 Å². The zero-order valence-corrected chi connectivity index (χ0v) is 10.6. The monoisotopic (exact) mass is 248 g/mol. The molecule has 1 saturated heterocycles. The summed E-state index contributed by atoms with van der Waals surface area (Å²) in [6, 6.07) is 0. The zero-order valence-electron chi connectivity index (χ0n) is 10.6. The second-order valence-corrected chi connectivity index (χ2v) is 5.66. The van der Waals surface area contributed by atoms with E-state index in [1.165, 1.54) is 0 Å². The third-order valence-electron chi connectivity index (χ3n) is 4.26. The molecule has 18 heavy (non-hydrogen) atoms. The van der Waals surface area contributed by atoms with Gasteiger partial charge in [-0.1, -0.05) is 0 Å². The van der Waals surface area contributed by atoms with Crippen molar-refractivity contribution in [1.29, 1.82) is 0 Å². The number of hydrogen-bond donors (Lipinski definition) is 1. The normalized spacial score (nSPS) is 25.4. The molecule has 2 fully saturated rings. The Morgan fingerprint density at radius 2 is 2.33 bits per heavy atom. The highest BCUT2D eigenvalue weighted by atomic mass is 16.2. The summed E-state index contributed by atoms with van der Waals surface area (Å²) in [7, 11) is 0. The van der Waals surface area contributed by atoms with Gasteiger partial charge in [0.25, 0.3) is 0 Å². The van der Waals surface area contributed by atoms with Crippen molar-refractivity contribution < 1.29 is 4.79 Å². The number of hydrogen-bond acceptors (Lipinski definition) is 3. The minimum absolute atomic E-state index is 0.149. The van der Waals surface area contributed by atoms with Crippen LogP contribution in [0.2, 0.25) is 0 Å². The number of carbonyl (C=O) groups is 1. The van der Waals surface area contributed by atoms with Crippen LogP contribution in [0, 0.1) is 11.3 Å². The van der Waals surface area contributed by atoms with Crippen molar-refractivity contribution in [3.63, 3.8) is 0 Å². The van der Waals surface area contributed by atoms with Crippen molar-refractivity contribution in [2.24, 2.45) is 17.1 Å². The topological polar surface area (TPSA) is 64.2 Å². The molecule has 1 aromatic heterocycles. The number of carbonyl (C=O) groups excluding carboxylic acids is 1. The van der Waals surface area contributed by atoms with Crippen LogP contribution in [-0.4, -0.2) is 40.0 Å². The lowest BCUT2D eigenvalue weighted by Gasteiger charge is -2.23. The first-order valence-electron chi connectivity index (χ1n) is 6.69. The lowest BCUT2D eigenvalue weighted by Crippen LogP contribution is -2.38. The molecule has 5 nitrogen and oxygen atoms in total. The second-order valence-electron chi connectivity index (χ2n) is 5.66. The SMILES string of the molecule is NCC1CCN(C(=O)C2(Cn3ccnc3)CC2)C1. The van der Waals surface area contributed by atoms with Gasteiger partial charge in [-0.05, 0) is 31.7 Å². The number of nitrogens with zero attached hydrogens (tertiary/aromatic N) is 3. The van der Waals surface area contributed by atoms with Gasteiger partial charge in [-0.3, -0.25) is 4.79 Å². The third kappa shape index (κ3) is 2.03. The summed E-state index contributed by atoms with van der Waals surface area (Å²) in [5.41, 5.74) is 5.53. The summed E-state index contributed by atoms with van der Waals surface area (Å²) in [6.45, 7) is 3.20. The molecular formula is C13H20N4O. The molecule has 1 amide bonds. The van der Waals surface area contributed by atoms with E-state index in [1.807, 2.05) is 15.7 Å². The van der Waals surface area contributed by atoms with E-state index in [0.717, 1.165) is 38.9 Å². The van der Waals surface area contributed by atoms with Gasteiger partial charge in [0.05, 0.1) is 11.7 Å². The molecule has 3 rings (SSSR count). The molecule has 0 radical (unpaired) electrons. The fraction of sp³-hybridized carbons (Fsp3) is 0.692. The minimum Gasteiger partial charge on any atom is -0.342 e. The average molecular weight is 248 g/mol. The van der Waals surface area contributed by atoms with Gasteiger partial charge < -0.3 is 15.2 Å². The van der Waals surface area contributed by atoms with Crippen LogP contribution >= 0.6 is 0 Å². The average Bonchev–Trinajstić information content (AvgIpc) is 2.84. The minimum atomic E-state index is -0.149. The Kier molecular flexibility index (Phi) is 2.86. The van der Waals surface area contributed by atoms with Crippen molar-refractivity contribution in [3.05, 3.63) is 18.7 Å². The molecule has 1 aliphatic heterocycles. The quantitative estimate of drug-likeness (QED) is 0.842. The van der Waals surface area contributed by atoms with Crippen LogP contribution in [0.3, 0.4) is 0 Å². The molecule has 1 atom stereocenters. The van der Waals surface area contributed by atoms with E-state index in [2.05, 4.69) is 4.98 Å². The van der Waals surface area contributed by atoms with Gasteiger partial charge in [-0.2, -0.15) is 0 Å². The van der Waals surface area contributed by atoms with E-state index in [9.17, 15) is 4.79 Å². The first kappa shape index (κ1) is 11.7. The van der Waals surface area contributed by atoms with E-state index in [0.29, 0.717) is 18.4 Å². The summed E-state index contributed by atoms with van der Waals surface area (Å²) in [6.07, 6.45) is 8.56. The first-order chi connectivity index (χ1) is 8.73. The van der Waals surface area contributed by atoms with E-state index in [-0.39, 0.29) is 5.41 Å². The molecule has 1 aliphatic carbocycles. The fourth-order valence-corrected chi connectivity index (χ4v) is 2.87. The van der Waals surface area contributed by atoms with E-state index in [4.69, 9.17) is 5.73 Å². The Bertz CT molecular complexity index is 424. The standard InChI is InChI=1S/C13H20N4O/c14-7-11-1-5-17(8-11)12(18)13(2-3-13)9-16-6-4-15-10-16/h4,6,10-11H,1-3,5,7-9,14H2. The summed E-state index contributed by atoms with van der Waals surface area (Å²) in [4.78, 5) is 18.6. The highest BCUT2D eigenvalue weighted by molar-refractivity contribution is 5.85. The molecule has 0 bridgehead atoms. The molecule has 5 heteroatoms. The fourth-order valence-electron chi connectivity index (χ4n) is 2.87. The number of rotatable bonds is 4. The molecule has 0 aromatic carbocycles. The molecule has 2 heterocycles. The Labute approximate surface area is 107 Å². The van der Waals surface area contributed by atoms with Crippen LogP contribution in [0.1, 0.15) is 19.3 Å². The molecule has 0 spiro atoms. The third-order valence-corrected chi connectivity index (χ3v) is 4.26. The van der Waals surface area contributed by atoms with Crippen LogP contribution in [-0.2, 0) is 11.3 Å². The van der Waals surface area contributed by atoms with Crippen molar-refractivity contribution in [1.82, 2.24) is 14.5 Å². The van der Waals surface area contributed by atoms with Crippen molar-refractivity contribution in [2.75, 3.05) is 19.6 Å². The number of aromatic nitrogens is 2. The first-order valence-corrected chi connectivity index (χ1v) is 6.69. The molecule has 1 aromatic rings. The van der Waals surface area contributed by atoms with Crippen LogP contribution in [0.5, 0.6) is 0 Å².